The van der Waals surface area contributed by atoms with Crippen molar-refractivity contribution in [2.24, 2.45) is 17.3 Å². The number of hydrogen-bond acceptors (Lipinski definition) is 4. The zero-order valence-electron chi connectivity index (χ0n) is 11.3. The molecule has 0 unspecified atom stereocenters. The van der Waals surface area contributed by atoms with Crippen LogP contribution in [-0.2, 0) is 4.79 Å². The van der Waals surface area contributed by atoms with Crippen molar-refractivity contribution in [3.63, 3.8) is 0 Å². The van der Waals surface area contributed by atoms with Crippen molar-refractivity contribution in [2.75, 3.05) is 0 Å². The molecule has 3 rings (SSSR count). The Labute approximate surface area is 111 Å². The van der Waals surface area contributed by atoms with Crippen LogP contribution < -0.4 is 0 Å². The lowest BCUT2D eigenvalue weighted by Crippen LogP contribution is -2.53. The molecule has 1 aromatic rings. The Morgan fingerprint density at radius 3 is 2.68 bits per heavy atom. The third-order valence-electron chi connectivity index (χ3n) is 5.02. The number of carbonyl (C=O) groups excluding carboxylic acids is 3. The molecule has 100 valence electrons. The van der Waals surface area contributed by atoms with E-state index in [1.54, 1.807) is 20.8 Å². The second-order valence-electron chi connectivity index (χ2n) is 5.88. The molecule has 1 fully saturated rings. The third kappa shape index (κ3) is 1.32. The fourth-order valence-electron chi connectivity index (χ4n) is 3.53. The van der Waals surface area contributed by atoms with Gasteiger partial charge in [-0.1, -0.05) is 13.8 Å². The lowest BCUT2D eigenvalue weighted by Gasteiger charge is -2.45. The summed E-state index contributed by atoms with van der Waals surface area (Å²) in [5.74, 6) is -0.810. The number of Topliss-reactive ketones (excluding diaryl/α,β-unsaturated/α-hetero) is 3. The maximum absolute atomic E-state index is 12.8. The first kappa shape index (κ1) is 12.3. The SMILES string of the molecule is Cc1coc2c1C(=O)[C@@]1(C)[C@H](CCC(=O)[C@@H]1C)C2=O. The van der Waals surface area contributed by atoms with Gasteiger partial charge in [0, 0.05) is 18.3 Å². The molecule has 0 saturated heterocycles. The van der Waals surface area contributed by atoms with Gasteiger partial charge in [0.15, 0.2) is 11.5 Å². The van der Waals surface area contributed by atoms with E-state index in [0.29, 0.717) is 24.0 Å². The van der Waals surface area contributed by atoms with Crippen LogP contribution in [0.5, 0.6) is 0 Å². The van der Waals surface area contributed by atoms with E-state index in [-0.39, 0.29) is 23.1 Å². The first-order valence-corrected chi connectivity index (χ1v) is 6.58. The molecule has 4 heteroatoms. The fourth-order valence-corrected chi connectivity index (χ4v) is 3.53. The second kappa shape index (κ2) is 3.65. The van der Waals surface area contributed by atoms with Gasteiger partial charge >= 0.3 is 0 Å². The number of ketones is 3. The highest BCUT2D eigenvalue weighted by Crippen LogP contribution is 2.51. The maximum Gasteiger partial charge on any atom is 0.202 e. The van der Waals surface area contributed by atoms with Crippen molar-refractivity contribution in [3.05, 3.63) is 23.2 Å². The van der Waals surface area contributed by atoms with Gasteiger partial charge in [-0.05, 0) is 18.9 Å². The van der Waals surface area contributed by atoms with Gasteiger partial charge in [-0.2, -0.15) is 0 Å². The molecule has 1 saturated carbocycles. The van der Waals surface area contributed by atoms with Crippen molar-refractivity contribution in [2.45, 2.75) is 33.6 Å². The summed E-state index contributed by atoms with van der Waals surface area (Å²) in [6, 6.07) is 0. The van der Waals surface area contributed by atoms with E-state index in [1.165, 1.54) is 6.26 Å². The van der Waals surface area contributed by atoms with Crippen molar-refractivity contribution >= 4 is 17.3 Å². The molecule has 0 aliphatic heterocycles. The van der Waals surface area contributed by atoms with Crippen LogP contribution in [-0.4, -0.2) is 17.3 Å². The van der Waals surface area contributed by atoms with Crippen molar-refractivity contribution < 1.29 is 18.8 Å². The van der Waals surface area contributed by atoms with E-state index in [0.717, 1.165) is 0 Å². The highest BCUT2D eigenvalue weighted by atomic mass is 16.3. The molecule has 4 nitrogen and oxygen atoms in total. The summed E-state index contributed by atoms with van der Waals surface area (Å²) in [6.07, 6.45) is 2.27. The largest absolute Gasteiger partial charge is 0.460 e. The van der Waals surface area contributed by atoms with Gasteiger partial charge in [0.05, 0.1) is 17.2 Å². The smallest absolute Gasteiger partial charge is 0.202 e. The highest BCUT2D eigenvalue weighted by Gasteiger charge is 2.58. The Morgan fingerprint density at radius 1 is 1.32 bits per heavy atom. The zero-order valence-corrected chi connectivity index (χ0v) is 11.3. The van der Waals surface area contributed by atoms with Gasteiger partial charge in [-0.15, -0.1) is 0 Å². The van der Waals surface area contributed by atoms with Gasteiger partial charge in [-0.25, -0.2) is 0 Å². The Hall–Kier alpha value is -1.71. The molecular formula is C15H16O4. The molecule has 0 N–H and O–H groups in total. The van der Waals surface area contributed by atoms with E-state index < -0.39 is 17.3 Å². The summed E-state index contributed by atoms with van der Waals surface area (Å²) in [5, 5.41) is 0. The van der Waals surface area contributed by atoms with Crippen LogP contribution in [0.25, 0.3) is 0 Å². The Kier molecular flexibility index (Phi) is 2.37. The number of rotatable bonds is 0. The molecule has 19 heavy (non-hydrogen) atoms. The van der Waals surface area contributed by atoms with Crippen LogP contribution >= 0.6 is 0 Å². The molecule has 1 heterocycles. The average molecular weight is 260 g/mol. The molecular weight excluding hydrogens is 244 g/mol. The predicted octanol–water partition coefficient (Wildman–Crippen LogP) is 2.59. The lowest BCUT2D eigenvalue weighted by molar-refractivity contribution is -0.129. The number of fused-ring (bicyclic) bond motifs is 2. The van der Waals surface area contributed by atoms with Gasteiger partial charge < -0.3 is 4.42 Å². The minimum Gasteiger partial charge on any atom is -0.460 e. The summed E-state index contributed by atoms with van der Waals surface area (Å²) >= 11 is 0. The van der Waals surface area contributed by atoms with Gasteiger partial charge in [0.2, 0.25) is 5.78 Å². The standard InChI is InChI=1S/C15H16O4/c1-7-6-19-13-11(7)14(18)15(3)8(2)10(16)5-4-9(15)12(13)17/h6,8-9H,4-5H2,1-3H3/t8-,9+,15+/m0/s1. The van der Waals surface area contributed by atoms with Crippen LogP contribution in [0.2, 0.25) is 0 Å². The van der Waals surface area contributed by atoms with E-state index in [2.05, 4.69) is 0 Å². The molecule has 2 aliphatic rings. The lowest BCUT2D eigenvalue weighted by atomic mass is 9.54. The predicted molar refractivity (Wildman–Crippen MR) is 67.1 cm³/mol. The number of furan rings is 1. The molecule has 0 amide bonds. The van der Waals surface area contributed by atoms with E-state index in [4.69, 9.17) is 4.42 Å². The molecule has 3 atom stereocenters. The van der Waals surface area contributed by atoms with E-state index >= 15 is 0 Å². The fraction of sp³-hybridized carbons (Fsp3) is 0.533. The molecule has 0 bridgehead atoms. The number of hydrogen-bond donors (Lipinski definition) is 0. The molecule has 0 aromatic carbocycles. The van der Waals surface area contributed by atoms with Crippen molar-refractivity contribution in [1.82, 2.24) is 0 Å². The Bertz CT molecular complexity index is 610. The monoisotopic (exact) mass is 260 g/mol. The first-order chi connectivity index (χ1) is 8.89. The van der Waals surface area contributed by atoms with Crippen LogP contribution in [0.15, 0.2) is 10.7 Å². The van der Waals surface area contributed by atoms with Crippen molar-refractivity contribution in [1.29, 1.82) is 0 Å². The minimum atomic E-state index is -0.909. The summed E-state index contributed by atoms with van der Waals surface area (Å²) in [6.45, 7) is 5.28. The molecule has 2 aliphatic carbocycles. The summed E-state index contributed by atoms with van der Waals surface area (Å²) in [5.41, 5.74) is 0.150. The zero-order chi connectivity index (χ0) is 13.9. The second-order valence-corrected chi connectivity index (χ2v) is 5.88. The minimum absolute atomic E-state index is 0.0736. The van der Waals surface area contributed by atoms with Gasteiger partial charge in [0.1, 0.15) is 5.78 Å². The highest BCUT2D eigenvalue weighted by molar-refractivity contribution is 6.18. The van der Waals surface area contributed by atoms with Crippen LogP contribution in [0, 0.1) is 24.2 Å². The summed E-state index contributed by atoms with van der Waals surface area (Å²) in [7, 11) is 0. The van der Waals surface area contributed by atoms with Crippen LogP contribution in [0.4, 0.5) is 0 Å². The molecule has 0 spiro atoms. The van der Waals surface area contributed by atoms with E-state index in [9.17, 15) is 14.4 Å². The number of aryl methyl sites for hydroxylation is 1. The third-order valence-corrected chi connectivity index (χ3v) is 5.02. The van der Waals surface area contributed by atoms with Crippen LogP contribution in [0.3, 0.4) is 0 Å². The Balaban J connectivity index is 2.24. The maximum atomic E-state index is 12.8. The molecule has 1 aromatic heterocycles. The average Bonchev–Trinajstić information content (AvgIpc) is 2.75. The van der Waals surface area contributed by atoms with Crippen LogP contribution in [0.1, 0.15) is 53.2 Å². The normalized spacial score (nSPS) is 34.2. The molecule has 0 radical (unpaired) electrons. The van der Waals surface area contributed by atoms with Gasteiger partial charge in [-0.3, -0.25) is 14.4 Å². The van der Waals surface area contributed by atoms with Crippen molar-refractivity contribution in [3.8, 4) is 0 Å². The number of carbonyl (C=O) groups is 3. The first-order valence-electron chi connectivity index (χ1n) is 6.58. The Morgan fingerprint density at radius 2 is 2.00 bits per heavy atom. The van der Waals surface area contributed by atoms with E-state index in [1.807, 2.05) is 0 Å². The summed E-state index contributed by atoms with van der Waals surface area (Å²) < 4.78 is 5.27. The summed E-state index contributed by atoms with van der Waals surface area (Å²) in [4.78, 5) is 37.3. The topological polar surface area (TPSA) is 64.3 Å². The van der Waals surface area contributed by atoms with Gasteiger partial charge in [0.25, 0.3) is 0 Å². The quantitative estimate of drug-likeness (QED) is 0.719.